The summed E-state index contributed by atoms with van der Waals surface area (Å²) in [5, 5.41) is 5.89. The SMILES string of the molecule is Cc1[nH]c(/C=C2\C(=O)Nc3ccc(N)cc32)c(C)c1C(=O)NC1CCN(C(=O)N(C)C)C1. The van der Waals surface area contributed by atoms with Crippen molar-refractivity contribution < 1.29 is 14.4 Å². The van der Waals surface area contributed by atoms with E-state index in [1.807, 2.05) is 13.8 Å². The maximum Gasteiger partial charge on any atom is 0.319 e. The molecule has 5 N–H and O–H groups in total. The second-order valence-electron chi connectivity index (χ2n) is 8.56. The van der Waals surface area contributed by atoms with Gasteiger partial charge in [-0.2, -0.15) is 0 Å². The summed E-state index contributed by atoms with van der Waals surface area (Å²) in [5.74, 6) is -0.398. The lowest BCUT2D eigenvalue weighted by molar-refractivity contribution is -0.110. The van der Waals surface area contributed by atoms with Crippen LogP contribution in [0.4, 0.5) is 16.2 Å². The minimum Gasteiger partial charge on any atom is -0.399 e. The zero-order chi connectivity index (χ0) is 23.2. The molecular formula is C23H28N6O3. The number of nitrogens with zero attached hydrogens (tertiary/aromatic N) is 2. The molecule has 0 spiro atoms. The molecule has 168 valence electrons. The maximum absolute atomic E-state index is 13.0. The van der Waals surface area contributed by atoms with Gasteiger partial charge in [-0.05, 0) is 50.1 Å². The molecule has 0 radical (unpaired) electrons. The van der Waals surface area contributed by atoms with Crippen molar-refractivity contribution in [1.29, 1.82) is 0 Å². The molecule has 3 heterocycles. The number of H-pyrrole nitrogens is 1. The van der Waals surface area contributed by atoms with Crippen LogP contribution in [0, 0.1) is 13.8 Å². The number of nitrogens with two attached hydrogens (primary N) is 1. The van der Waals surface area contributed by atoms with Crippen molar-refractivity contribution >= 4 is 40.9 Å². The van der Waals surface area contributed by atoms with Gasteiger partial charge >= 0.3 is 6.03 Å². The highest BCUT2D eigenvalue weighted by Gasteiger charge is 2.30. The smallest absolute Gasteiger partial charge is 0.319 e. The van der Waals surface area contributed by atoms with Crippen molar-refractivity contribution in [3.8, 4) is 0 Å². The first-order chi connectivity index (χ1) is 15.2. The Kier molecular flexibility index (Phi) is 5.41. The highest BCUT2D eigenvalue weighted by atomic mass is 16.2. The largest absolute Gasteiger partial charge is 0.399 e. The Labute approximate surface area is 186 Å². The van der Waals surface area contributed by atoms with E-state index in [4.69, 9.17) is 5.73 Å². The number of nitrogen functional groups attached to an aromatic ring is 1. The summed E-state index contributed by atoms with van der Waals surface area (Å²) in [6, 6.07) is 5.13. The van der Waals surface area contributed by atoms with Crippen LogP contribution in [0.25, 0.3) is 11.6 Å². The lowest BCUT2D eigenvalue weighted by Gasteiger charge is -2.21. The molecule has 2 aromatic rings. The average molecular weight is 437 g/mol. The summed E-state index contributed by atoms with van der Waals surface area (Å²) < 4.78 is 0. The number of rotatable bonds is 3. The van der Waals surface area contributed by atoms with Crippen LogP contribution in [0.15, 0.2) is 18.2 Å². The number of amides is 4. The first-order valence-corrected chi connectivity index (χ1v) is 10.5. The molecular weight excluding hydrogens is 408 g/mol. The fourth-order valence-electron chi connectivity index (χ4n) is 4.34. The summed E-state index contributed by atoms with van der Waals surface area (Å²) in [4.78, 5) is 44.2. The van der Waals surface area contributed by atoms with Crippen LogP contribution >= 0.6 is 0 Å². The van der Waals surface area contributed by atoms with Crippen LogP contribution in [0.5, 0.6) is 0 Å². The van der Waals surface area contributed by atoms with Crippen LogP contribution in [0.3, 0.4) is 0 Å². The molecule has 1 fully saturated rings. The molecule has 2 aliphatic rings. The van der Waals surface area contributed by atoms with Crippen LogP contribution in [0.2, 0.25) is 0 Å². The zero-order valence-corrected chi connectivity index (χ0v) is 18.7. The number of aromatic amines is 1. The molecule has 0 bridgehead atoms. The normalized spacial score (nSPS) is 18.6. The number of likely N-dealkylation sites (tertiary alicyclic amines) is 1. The van der Waals surface area contributed by atoms with Crippen LogP contribution in [-0.2, 0) is 4.79 Å². The van der Waals surface area contributed by atoms with Crippen LogP contribution in [0.1, 0.15) is 39.3 Å². The number of hydrogen-bond donors (Lipinski definition) is 4. The van der Waals surface area contributed by atoms with Gasteiger partial charge in [-0.25, -0.2) is 4.79 Å². The molecule has 1 atom stereocenters. The zero-order valence-electron chi connectivity index (χ0n) is 18.7. The fraction of sp³-hybridized carbons (Fsp3) is 0.348. The van der Waals surface area contributed by atoms with E-state index in [0.717, 1.165) is 16.8 Å². The van der Waals surface area contributed by atoms with Gasteiger partial charge in [-0.15, -0.1) is 0 Å². The van der Waals surface area contributed by atoms with Gasteiger partial charge in [-0.3, -0.25) is 9.59 Å². The van der Waals surface area contributed by atoms with Crippen molar-refractivity contribution in [1.82, 2.24) is 20.1 Å². The Bertz CT molecular complexity index is 1150. The number of carbonyl (C=O) groups excluding carboxylic acids is 3. The van der Waals surface area contributed by atoms with Crippen LogP contribution < -0.4 is 16.4 Å². The molecule has 1 aromatic carbocycles. The summed E-state index contributed by atoms with van der Waals surface area (Å²) in [7, 11) is 3.43. The van der Waals surface area contributed by atoms with Crippen molar-refractivity contribution in [2.45, 2.75) is 26.3 Å². The lowest BCUT2D eigenvalue weighted by Crippen LogP contribution is -2.41. The van der Waals surface area contributed by atoms with Crippen LogP contribution in [-0.4, -0.2) is 65.9 Å². The van der Waals surface area contributed by atoms with Gasteiger partial charge in [0.15, 0.2) is 0 Å². The van der Waals surface area contributed by atoms with Crippen molar-refractivity contribution in [2.75, 3.05) is 38.2 Å². The number of aromatic nitrogens is 1. The van der Waals surface area contributed by atoms with Crippen molar-refractivity contribution in [2.24, 2.45) is 0 Å². The Morgan fingerprint density at radius 3 is 2.75 bits per heavy atom. The average Bonchev–Trinajstić information content (AvgIpc) is 3.38. The number of nitrogens with one attached hydrogen (secondary N) is 3. The molecule has 0 aliphatic carbocycles. The highest BCUT2D eigenvalue weighted by molar-refractivity contribution is 6.35. The van der Waals surface area contributed by atoms with E-state index >= 15 is 0 Å². The predicted octanol–water partition coefficient (Wildman–Crippen LogP) is 2.19. The first-order valence-electron chi connectivity index (χ1n) is 10.5. The molecule has 9 nitrogen and oxygen atoms in total. The molecule has 9 heteroatoms. The topological polar surface area (TPSA) is 124 Å². The number of hydrogen-bond acceptors (Lipinski definition) is 4. The Balaban J connectivity index is 1.55. The summed E-state index contributed by atoms with van der Waals surface area (Å²) in [5.41, 5.74) is 11.2. The summed E-state index contributed by atoms with van der Waals surface area (Å²) >= 11 is 0. The Hall–Kier alpha value is -3.75. The Morgan fingerprint density at radius 1 is 1.28 bits per heavy atom. The molecule has 32 heavy (non-hydrogen) atoms. The van der Waals surface area contributed by atoms with Gasteiger partial charge in [0.05, 0.1) is 11.1 Å². The molecule has 1 unspecified atom stereocenters. The molecule has 2 aliphatic heterocycles. The monoisotopic (exact) mass is 436 g/mol. The van der Waals surface area contributed by atoms with E-state index in [-0.39, 0.29) is 23.9 Å². The second kappa shape index (κ2) is 8.07. The van der Waals surface area contributed by atoms with Crippen molar-refractivity contribution in [3.05, 3.63) is 46.3 Å². The summed E-state index contributed by atoms with van der Waals surface area (Å²) in [6.45, 7) is 4.79. The minimum atomic E-state index is -0.208. The lowest BCUT2D eigenvalue weighted by atomic mass is 10.0. The number of anilines is 2. The van der Waals surface area contributed by atoms with Gasteiger partial charge in [0, 0.05) is 61.6 Å². The Morgan fingerprint density at radius 2 is 2.03 bits per heavy atom. The molecule has 4 rings (SSSR count). The van der Waals surface area contributed by atoms with Gasteiger partial charge in [0.25, 0.3) is 11.8 Å². The number of benzene rings is 1. The van der Waals surface area contributed by atoms with Crippen molar-refractivity contribution in [3.63, 3.8) is 0 Å². The van der Waals surface area contributed by atoms with Gasteiger partial charge in [-0.1, -0.05) is 0 Å². The number of fused-ring (bicyclic) bond motifs is 1. The third-order valence-corrected chi connectivity index (χ3v) is 6.00. The van der Waals surface area contributed by atoms with Gasteiger partial charge in [0.1, 0.15) is 0 Å². The van der Waals surface area contributed by atoms with E-state index in [2.05, 4.69) is 15.6 Å². The fourth-order valence-corrected chi connectivity index (χ4v) is 4.34. The third kappa shape index (κ3) is 3.81. The number of carbonyl (C=O) groups is 3. The van der Waals surface area contributed by atoms with Gasteiger partial charge in [0.2, 0.25) is 0 Å². The standard InChI is InChI=1S/C23H28N6O3/c1-12-19(10-17-16-9-14(24)5-6-18(16)27-21(17)30)25-13(2)20(12)22(31)26-15-7-8-29(11-15)23(32)28(3)4/h5-6,9-10,15,25H,7-8,11,24H2,1-4H3,(H,26,31)(H,27,30)/b17-10-. The molecule has 1 saturated heterocycles. The van der Waals surface area contributed by atoms with E-state index in [9.17, 15) is 14.4 Å². The second-order valence-corrected chi connectivity index (χ2v) is 8.56. The van der Waals surface area contributed by atoms with Gasteiger partial charge < -0.3 is 31.2 Å². The molecule has 4 amide bonds. The van der Waals surface area contributed by atoms with E-state index in [0.29, 0.717) is 47.7 Å². The van der Waals surface area contributed by atoms with E-state index < -0.39 is 0 Å². The highest BCUT2D eigenvalue weighted by Crippen LogP contribution is 2.35. The quantitative estimate of drug-likeness (QED) is 0.435. The predicted molar refractivity (Wildman–Crippen MR) is 124 cm³/mol. The van der Waals surface area contributed by atoms with E-state index in [1.165, 1.54) is 4.90 Å². The molecule has 0 saturated carbocycles. The maximum atomic E-state index is 13.0. The number of urea groups is 1. The first kappa shape index (κ1) is 21.5. The van der Waals surface area contributed by atoms with E-state index in [1.54, 1.807) is 43.3 Å². The summed E-state index contributed by atoms with van der Waals surface area (Å²) in [6.07, 6.45) is 2.47. The number of aryl methyl sites for hydroxylation is 1. The third-order valence-electron chi connectivity index (χ3n) is 6.00. The minimum absolute atomic E-state index is 0.0552. The molecule has 1 aromatic heterocycles.